The van der Waals surface area contributed by atoms with Crippen LogP contribution in [-0.2, 0) is 19.8 Å². The second kappa shape index (κ2) is 32.4. The van der Waals surface area contributed by atoms with Crippen molar-refractivity contribution in [3.63, 3.8) is 0 Å². The standard InChI is InChI=1S/Ca.Fe.K.Mg.Na.O.6H/q+2;;+1;+2;+1;;6*-1. The zero-order chi connectivity index (χ0) is 2.00. The first-order valence-corrected chi connectivity index (χ1v) is 0.595. The summed E-state index contributed by atoms with van der Waals surface area (Å²) in [7, 11) is 0. The van der Waals surface area contributed by atoms with Crippen LogP contribution in [0, 0.1) is 0 Å². The molecule has 26 valence electrons. The Kier molecular flexibility index (Phi) is 165. The van der Waals surface area contributed by atoms with E-state index in [1.165, 1.54) is 0 Å². The van der Waals surface area contributed by atoms with E-state index in [2.05, 4.69) is 0 Å². The van der Waals surface area contributed by atoms with E-state index in [-0.39, 0.29) is 150 Å². The van der Waals surface area contributed by atoms with Crippen LogP contribution < -0.4 is 80.9 Å². The minimum absolute atomic E-state index is 0. The molecule has 0 radical (unpaired) electrons. The normalized spacial score (nSPS) is 0.833. The Labute approximate surface area is 165 Å². The van der Waals surface area contributed by atoms with Crippen molar-refractivity contribution >= 4 is 60.8 Å². The summed E-state index contributed by atoms with van der Waals surface area (Å²) in [6.07, 6.45) is 0. The summed E-state index contributed by atoms with van der Waals surface area (Å²) < 4.78 is 8.00. The second-order valence-electron chi connectivity index (χ2n) is 0. The summed E-state index contributed by atoms with van der Waals surface area (Å²) in [5, 5.41) is 0. The van der Waals surface area contributed by atoms with Crippen LogP contribution in [0.2, 0.25) is 0 Å². The van der Waals surface area contributed by atoms with E-state index in [9.17, 15) is 0 Å². The molecular formula is H6CaFeKMgNaO. The molecule has 0 saturated carbocycles. The Balaban J connectivity index is -0.000000000111. The molecule has 6 heteroatoms. The number of rotatable bonds is 0. The maximum absolute atomic E-state index is 8.00. The third-order valence-corrected chi connectivity index (χ3v) is 0. The predicted molar refractivity (Wildman–Crippen MR) is 18.9 cm³/mol. The Bertz CT molecular complexity index is 27.5. The average Bonchev–Trinajstić information content (AvgIpc) is 1.00. The molecule has 6 heavy (non-hydrogen) atoms. The first-order valence-electron chi connectivity index (χ1n) is 0.144. The van der Waals surface area contributed by atoms with Crippen LogP contribution >= 0.6 is 0 Å². The van der Waals surface area contributed by atoms with E-state index in [0.29, 0.717) is 0 Å². The molecule has 0 aliphatic rings. The minimum atomic E-state index is 0. The van der Waals surface area contributed by atoms with Crippen molar-refractivity contribution in [3.8, 4) is 0 Å². The fourth-order valence-corrected chi connectivity index (χ4v) is 0. The molecule has 0 amide bonds. The summed E-state index contributed by atoms with van der Waals surface area (Å²) in [5.74, 6) is 0. The summed E-state index contributed by atoms with van der Waals surface area (Å²) in [6.45, 7) is 0. The van der Waals surface area contributed by atoms with Gasteiger partial charge in [-0.05, 0) is 0 Å². The van der Waals surface area contributed by atoms with Gasteiger partial charge in [0.05, 0.1) is 0 Å². The van der Waals surface area contributed by atoms with Gasteiger partial charge >= 0.3 is 162 Å². The van der Waals surface area contributed by atoms with Crippen molar-refractivity contribution in [3.05, 3.63) is 0 Å². The van der Waals surface area contributed by atoms with Gasteiger partial charge in [0.1, 0.15) is 0 Å². The molecule has 0 N–H and O–H groups in total. The van der Waals surface area contributed by atoms with E-state index in [4.69, 9.17) is 3.83 Å². The first kappa shape index (κ1) is 30.6. The Morgan fingerprint density at radius 2 is 1.33 bits per heavy atom. The molecule has 0 fully saturated rings. The third kappa shape index (κ3) is 23.1. The fourth-order valence-electron chi connectivity index (χ4n) is 0. The van der Waals surface area contributed by atoms with Crippen LogP contribution in [0.15, 0.2) is 0 Å². The van der Waals surface area contributed by atoms with Crippen LogP contribution in [0.5, 0.6) is 0 Å². The van der Waals surface area contributed by atoms with Gasteiger partial charge in [0.2, 0.25) is 0 Å². The van der Waals surface area contributed by atoms with E-state index in [1.54, 1.807) is 0 Å². The average molecular weight is 204 g/mol. The summed E-state index contributed by atoms with van der Waals surface area (Å²) >= 11 is 2.00. The second-order valence-corrected chi connectivity index (χ2v) is 0. The van der Waals surface area contributed by atoms with Gasteiger partial charge in [-0.1, -0.05) is 0 Å². The van der Waals surface area contributed by atoms with Crippen molar-refractivity contribution in [2.75, 3.05) is 0 Å². The predicted octanol–water partition coefficient (Wildman–Crippen LogP) is -6.20. The third-order valence-electron chi connectivity index (χ3n) is 0. The molecule has 0 aromatic carbocycles. The van der Waals surface area contributed by atoms with Gasteiger partial charge in [-0.2, -0.15) is 0 Å². The molecule has 0 aromatic heterocycles. The Morgan fingerprint density at radius 1 is 1.33 bits per heavy atom. The van der Waals surface area contributed by atoms with E-state index in [0.717, 1.165) is 0 Å². The van der Waals surface area contributed by atoms with Crippen molar-refractivity contribution in [2.24, 2.45) is 0 Å². The number of hydrogen-bond acceptors (Lipinski definition) is 1. The molecule has 0 rings (SSSR count). The molecule has 0 unspecified atom stereocenters. The quantitative estimate of drug-likeness (QED) is 0.359. The van der Waals surface area contributed by atoms with Gasteiger partial charge in [-0.3, -0.25) is 0 Å². The zero-order valence-corrected chi connectivity index (χ0v) is 14.0. The molecule has 0 bridgehead atoms. The Morgan fingerprint density at radius 3 is 1.33 bits per heavy atom. The summed E-state index contributed by atoms with van der Waals surface area (Å²) in [6, 6.07) is 0. The van der Waals surface area contributed by atoms with Crippen molar-refractivity contribution in [1.82, 2.24) is 0 Å². The van der Waals surface area contributed by atoms with Crippen LogP contribution in [0.3, 0.4) is 0 Å². The zero-order valence-electron chi connectivity index (χ0n) is 10.2. The molecule has 0 aliphatic carbocycles. The van der Waals surface area contributed by atoms with Crippen LogP contribution in [0.1, 0.15) is 8.56 Å². The van der Waals surface area contributed by atoms with Gasteiger partial charge in [0.25, 0.3) is 0 Å². The molecule has 0 aliphatic heterocycles. The molecule has 1 nitrogen and oxygen atoms in total. The van der Waals surface area contributed by atoms with Crippen LogP contribution in [0.25, 0.3) is 0 Å². The molecule has 0 spiro atoms. The van der Waals surface area contributed by atoms with E-state index >= 15 is 0 Å². The summed E-state index contributed by atoms with van der Waals surface area (Å²) in [4.78, 5) is 0. The fraction of sp³-hybridized carbons (Fsp3) is 0. The van der Waals surface area contributed by atoms with Crippen molar-refractivity contribution in [1.29, 1.82) is 0 Å². The summed E-state index contributed by atoms with van der Waals surface area (Å²) in [5.41, 5.74) is 0. The topological polar surface area (TPSA) is 17.1 Å². The monoisotopic (exact) mass is 204 g/mol. The SMILES string of the molecule is [Ca+2].[H-].[H-].[H-].[H-].[H-].[H-].[K+].[Mg+2].[Na+].[O]=[Fe]. The van der Waals surface area contributed by atoms with Gasteiger partial charge in [0, 0.05) is 0 Å². The van der Waals surface area contributed by atoms with E-state index in [1.807, 2.05) is 15.9 Å². The van der Waals surface area contributed by atoms with Gasteiger partial charge in [-0.25, -0.2) is 0 Å². The Hall–Kier alpha value is 4.98. The maximum atomic E-state index is 8.00. The first-order chi connectivity index (χ1) is 1.00. The van der Waals surface area contributed by atoms with Gasteiger partial charge in [-0.15, -0.1) is 0 Å². The van der Waals surface area contributed by atoms with E-state index < -0.39 is 0 Å². The number of hydrogen-bond donors (Lipinski definition) is 0. The molecule has 0 saturated heterocycles. The van der Waals surface area contributed by atoms with Crippen LogP contribution in [0.4, 0.5) is 0 Å². The molecule has 0 aromatic rings. The molecular weight excluding hydrogens is 198 g/mol. The van der Waals surface area contributed by atoms with Crippen molar-refractivity contribution < 1.29 is 109 Å². The molecule has 0 heterocycles. The van der Waals surface area contributed by atoms with Crippen molar-refractivity contribution in [2.45, 2.75) is 0 Å². The van der Waals surface area contributed by atoms with Crippen LogP contribution in [-0.4, -0.2) is 60.8 Å². The van der Waals surface area contributed by atoms with Gasteiger partial charge in [0.15, 0.2) is 0 Å². The molecule has 0 atom stereocenters. The van der Waals surface area contributed by atoms with Gasteiger partial charge < -0.3 is 8.56 Å².